The van der Waals surface area contributed by atoms with Gasteiger partial charge in [0.2, 0.25) is 10.6 Å². The van der Waals surface area contributed by atoms with Gasteiger partial charge in [-0.05, 0) is 116 Å². The number of hydrogen-bond acceptors (Lipinski definition) is 10. The van der Waals surface area contributed by atoms with Crippen LogP contribution in [0.5, 0.6) is 0 Å². The number of nitrogens with zero attached hydrogens (tertiary/aromatic N) is 4. The molecule has 2 aromatic rings. The van der Waals surface area contributed by atoms with Crippen molar-refractivity contribution in [2.24, 2.45) is 5.73 Å². The zero-order valence-electron chi connectivity index (χ0n) is 27.5. The highest BCUT2D eigenvalue weighted by Gasteiger charge is 2.27. The van der Waals surface area contributed by atoms with Gasteiger partial charge in [0.15, 0.2) is 22.6 Å². The fourth-order valence-corrected chi connectivity index (χ4v) is 5.16. The van der Waals surface area contributed by atoms with Crippen molar-refractivity contribution in [1.29, 1.82) is 0 Å². The number of carbonyl (C=O) groups excluding carboxylic acids is 2. The van der Waals surface area contributed by atoms with E-state index in [0.717, 1.165) is 57.3 Å². The van der Waals surface area contributed by atoms with Crippen LogP contribution >= 0.6 is 34.8 Å². The monoisotopic (exact) mass is 724 g/mol. The van der Waals surface area contributed by atoms with Crippen LogP contribution in [0.25, 0.3) is 0 Å². The number of nitrogens with two attached hydrogens (primary N) is 1. The maximum Gasteiger partial charge on any atom is 0.407 e. The molecule has 4 rings (SSSR count). The highest BCUT2D eigenvalue weighted by Crippen LogP contribution is 2.24. The van der Waals surface area contributed by atoms with Gasteiger partial charge in [0.1, 0.15) is 11.2 Å². The van der Waals surface area contributed by atoms with Gasteiger partial charge in [0.25, 0.3) is 0 Å². The number of anilines is 1. The highest BCUT2D eigenvalue weighted by molar-refractivity contribution is 6.31. The summed E-state index contributed by atoms with van der Waals surface area (Å²) in [7, 11) is 0. The van der Waals surface area contributed by atoms with Crippen molar-refractivity contribution in [3.63, 3.8) is 0 Å². The molecular weight excluding hydrogens is 681 g/mol. The normalized spacial score (nSPS) is 21.1. The van der Waals surface area contributed by atoms with E-state index in [1.165, 1.54) is 0 Å². The smallest absolute Gasteiger partial charge is 0.407 e. The van der Waals surface area contributed by atoms with E-state index >= 15 is 0 Å². The highest BCUT2D eigenvalue weighted by atomic mass is 35.5. The molecule has 17 heteroatoms. The summed E-state index contributed by atoms with van der Waals surface area (Å²) in [6.07, 6.45) is 8.52. The summed E-state index contributed by atoms with van der Waals surface area (Å²) < 4.78 is 36.3. The molecule has 5 N–H and O–H groups in total. The average Bonchev–Trinajstić information content (AvgIpc) is 2.92. The van der Waals surface area contributed by atoms with Gasteiger partial charge in [-0.25, -0.2) is 33.3 Å². The molecule has 0 unspecified atom stereocenters. The molecule has 2 aliphatic rings. The molecule has 0 spiro atoms. The van der Waals surface area contributed by atoms with Crippen LogP contribution in [-0.4, -0.2) is 67.5 Å². The number of carbonyl (C=O) groups is 2. The molecule has 2 saturated carbocycles. The van der Waals surface area contributed by atoms with Crippen molar-refractivity contribution < 1.29 is 27.8 Å². The van der Waals surface area contributed by atoms with Gasteiger partial charge in [-0.2, -0.15) is 4.98 Å². The Hall–Kier alpha value is -2.81. The van der Waals surface area contributed by atoms with Crippen molar-refractivity contribution in [3.8, 4) is 0 Å². The molecular formula is C30H45Cl3F2N8O4. The first kappa shape index (κ1) is 40.4. The molecule has 0 aromatic carbocycles. The van der Waals surface area contributed by atoms with Crippen LogP contribution in [0, 0.1) is 11.6 Å². The minimum Gasteiger partial charge on any atom is -0.444 e. The van der Waals surface area contributed by atoms with Crippen LogP contribution in [0.1, 0.15) is 92.9 Å². The summed E-state index contributed by atoms with van der Waals surface area (Å²) in [5.41, 5.74) is 4.88. The van der Waals surface area contributed by atoms with E-state index in [1.54, 1.807) is 0 Å². The number of hydrogen-bond donors (Lipinski definition) is 4. The largest absolute Gasteiger partial charge is 0.444 e. The minimum absolute atomic E-state index is 0.00385. The van der Waals surface area contributed by atoms with Gasteiger partial charge in [0, 0.05) is 24.2 Å². The number of alkyl carbamates (subject to hydrolysis) is 2. The molecule has 0 aliphatic heterocycles. The van der Waals surface area contributed by atoms with E-state index in [9.17, 15) is 18.4 Å². The number of amides is 2. The summed E-state index contributed by atoms with van der Waals surface area (Å²) in [6.45, 7) is 11.0. The first-order chi connectivity index (χ1) is 21.8. The second kappa shape index (κ2) is 18.7. The fraction of sp³-hybridized carbons (Fsp3) is 0.667. The third-order valence-corrected chi connectivity index (χ3v) is 7.19. The lowest BCUT2D eigenvalue weighted by atomic mass is 9.91. The minimum atomic E-state index is -0.666. The molecule has 2 aliphatic carbocycles. The van der Waals surface area contributed by atoms with E-state index in [2.05, 4.69) is 35.9 Å². The topological polar surface area (TPSA) is 166 Å². The maximum absolute atomic E-state index is 13.7. The number of ether oxygens (including phenoxy) is 2. The fourth-order valence-electron chi connectivity index (χ4n) is 4.73. The Kier molecular flexibility index (Phi) is 16.0. The van der Waals surface area contributed by atoms with Gasteiger partial charge in [0.05, 0.1) is 12.4 Å². The van der Waals surface area contributed by atoms with E-state index < -0.39 is 28.9 Å². The van der Waals surface area contributed by atoms with Crippen molar-refractivity contribution in [1.82, 2.24) is 30.6 Å². The second-order valence-corrected chi connectivity index (χ2v) is 14.3. The van der Waals surface area contributed by atoms with E-state index in [1.807, 2.05) is 41.5 Å². The van der Waals surface area contributed by atoms with Crippen molar-refractivity contribution in [2.45, 2.75) is 128 Å². The van der Waals surface area contributed by atoms with Crippen molar-refractivity contribution in [3.05, 3.63) is 39.7 Å². The average molecular weight is 726 g/mol. The van der Waals surface area contributed by atoms with E-state index in [-0.39, 0.29) is 51.8 Å². The predicted octanol–water partition coefficient (Wildman–Crippen LogP) is 7.22. The van der Waals surface area contributed by atoms with Crippen molar-refractivity contribution in [2.75, 3.05) is 5.32 Å². The predicted molar refractivity (Wildman–Crippen MR) is 178 cm³/mol. The second-order valence-electron chi connectivity index (χ2n) is 13.2. The summed E-state index contributed by atoms with van der Waals surface area (Å²) in [5, 5.41) is 8.45. The Morgan fingerprint density at radius 1 is 0.766 bits per heavy atom. The van der Waals surface area contributed by atoms with Gasteiger partial charge in [-0.1, -0.05) is 11.6 Å². The molecule has 264 valence electrons. The van der Waals surface area contributed by atoms with Crippen molar-refractivity contribution >= 4 is 52.8 Å². The Morgan fingerprint density at radius 2 is 1.23 bits per heavy atom. The first-order valence-corrected chi connectivity index (χ1v) is 16.5. The molecule has 2 aromatic heterocycles. The standard InChI is InChI=1S/C15H22ClFN4O2.C11H22N2O2.C4HCl2FN2/c1-15(2,3)23-14(22)20-10-6-4-5-9(7-10)19-12-11(17)8-18-13(16)21-12;1-11(2,3)15-10(14)13-9-6-4-5-8(12)7-9;5-3-2(7)1-8-4(6)9-3/h8-10H,4-7H2,1-3H3,(H,20,22)(H,18,19,21);8-9H,4-7,12H2,1-3H3,(H,13,14);1H/t9-,10+;8-,9+;/m10./s1. The third-order valence-electron chi connectivity index (χ3n) is 6.56. The van der Waals surface area contributed by atoms with Gasteiger partial charge in [-0.15, -0.1) is 0 Å². The SMILES string of the molecule is CC(C)(C)OC(=O)N[C@@H]1CCC[C@H](N)C1.CC(C)(C)OC(=O)N[C@H]1CCC[C@@H](Nc2nc(Cl)ncc2F)C1.Fc1cnc(Cl)nc1Cl. The molecule has 12 nitrogen and oxygen atoms in total. The van der Waals surface area contributed by atoms with Crippen LogP contribution in [0.4, 0.5) is 24.2 Å². The Labute approximate surface area is 289 Å². The van der Waals surface area contributed by atoms with Gasteiger partial charge < -0.3 is 31.2 Å². The van der Waals surface area contributed by atoms with E-state index in [4.69, 9.17) is 50.0 Å². The van der Waals surface area contributed by atoms with Crippen LogP contribution in [-0.2, 0) is 9.47 Å². The van der Waals surface area contributed by atoms with Crippen LogP contribution in [0.15, 0.2) is 12.4 Å². The maximum atomic E-state index is 13.7. The van der Waals surface area contributed by atoms with Crippen LogP contribution in [0.2, 0.25) is 15.7 Å². The lowest BCUT2D eigenvalue weighted by Gasteiger charge is -2.31. The summed E-state index contributed by atoms with van der Waals surface area (Å²) in [4.78, 5) is 37.4. The molecule has 0 bridgehead atoms. The molecule has 2 fully saturated rings. The van der Waals surface area contributed by atoms with Crippen LogP contribution < -0.4 is 21.7 Å². The number of aromatic nitrogens is 4. The zero-order valence-corrected chi connectivity index (χ0v) is 29.8. The number of halogens is 5. The lowest BCUT2D eigenvalue weighted by Crippen LogP contribution is -2.44. The summed E-state index contributed by atoms with van der Waals surface area (Å²) in [5.74, 6) is -1.12. The Bertz CT molecular complexity index is 1320. The Balaban J connectivity index is 0.000000273. The molecule has 47 heavy (non-hydrogen) atoms. The molecule has 0 radical (unpaired) electrons. The number of rotatable bonds is 4. The molecule has 4 atom stereocenters. The Morgan fingerprint density at radius 3 is 1.72 bits per heavy atom. The molecule has 0 saturated heterocycles. The third kappa shape index (κ3) is 17.2. The van der Waals surface area contributed by atoms with E-state index in [0.29, 0.717) is 6.42 Å². The van der Waals surface area contributed by atoms with Crippen LogP contribution in [0.3, 0.4) is 0 Å². The zero-order chi connectivity index (χ0) is 35.4. The molecule has 2 heterocycles. The lowest BCUT2D eigenvalue weighted by molar-refractivity contribution is 0.0479. The number of nitrogens with one attached hydrogen (secondary N) is 3. The summed E-state index contributed by atoms with van der Waals surface area (Å²) in [6, 6.07) is 0.392. The quantitative estimate of drug-likeness (QED) is 0.187. The van der Waals surface area contributed by atoms with Gasteiger partial charge in [-0.3, -0.25) is 0 Å². The van der Waals surface area contributed by atoms with Gasteiger partial charge >= 0.3 is 12.2 Å². The summed E-state index contributed by atoms with van der Waals surface area (Å²) >= 11 is 16.1. The molecule has 2 amide bonds. The first-order valence-electron chi connectivity index (χ1n) is 15.3.